The first-order valence-corrected chi connectivity index (χ1v) is 31.4. The van der Waals surface area contributed by atoms with E-state index in [1.807, 2.05) is 41.5 Å². The van der Waals surface area contributed by atoms with E-state index in [9.17, 15) is 85.9 Å². The van der Waals surface area contributed by atoms with Crippen molar-refractivity contribution in [1.82, 2.24) is 0 Å². The number of allylic oxidation sites excluding steroid dienone is 2. The number of carboxylic acid groups (broad SMARTS) is 1. The minimum absolute atomic E-state index is 0.190. The quantitative estimate of drug-likeness (QED) is 0.0374. The number of aliphatic hydroxyl groups excluding tert-OH is 13. The first-order chi connectivity index (χ1) is 41.6. The van der Waals surface area contributed by atoms with Crippen molar-refractivity contribution in [2.24, 2.45) is 56.2 Å². The number of aliphatic carboxylic acids is 1. The van der Waals surface area contributed by atoms with Gasteiger partial charge in [0.1, 0.15) is 85.5 Å². The standard InChI is InChI=1S/C62H98O27/c1-12-25(3)51(78)88-48-49(89-52(79)26(4)13-2)62(24-64)28(20-57(48,5)6)27-14-15-33-59(9)18-17-34(58(7,8)32(59)16-19-60(33,10)61(27,11)46(74)47(62)75)83-56-45(87-54-40(72)38(70)37(69)31(21-63)82-54)42(41(73)43(85-56)50(76)77)84-55-44(36(68)30(66)23-81-55)86-53-39(71)35(67)29(65)22-80-53/h12,14,26,28-49,53-56,63-75H,13,15-24H2,1-11H3,(H,76,77)/b25-12-/t26?,28-,29+,30-,31+,32-,33+,34-,35-,36-,37-,38-,39+,40+,41-,42-,43-,44+,45+,46-,47+,48-,49-,53-,54-,55-,56+,59-,60+,61-,62-/m0/s1. The highest BCUT2D eigenvalue weighted by atomic mass is 16.8. The van der Waals surface area contributed by atoms with Crippen LogP contribution in [0.1, 0.15) is 121 Å². The first-order valence-electron chi connectivity index (χ1n) is 31.4. The van der Waals surface area contributed by atoms with Crippen LogP contribution in [-0.2, 0) is 61.8 Å². The summed E-state index contributed by atoms with van der Waals surface area (Å²) in [5.74, 6) is -4.64. The Kier molecular flexibility index (Phi) is 20.5. The third kappa shape index (κ3) is 11.6. The van der Waals surface area contributed by atoms with Gasteiger partial charge in [0, 0.05) is 16.4 Å². The molecule has 4 aliphatic heterocycles. The molecule has 0 aromatic carbocycles. The summed E-state index contributed by atoms with van der Waals surface area (Å²) in [7, 11) is 0. The van der Waals surface area contributed by atoms with E-state index in [-0.39, 0.29) is 24.7 Å². The smallest absolute Gasteiger partial charge is 0.335 e. The van der Waals surface area contributed by atoms with Gasteiger partial charge in [0.25, 0.3) is 0 Å². The molecule has 27 nitrogen and oxygen atoms in total. The minimum atomic E-state index is -2.23. The molecule has 27 heteroatoms. The minimum Gasteiger partial charge on any atom is -0.479 e. The molecular weight excluding hydrogens is 1180 g/mol. The van der Waals surface area contributed by atoms with E-state index in [0.29, 0.717) is 37.7 Å². The largest absolute Gasteiger partial charge is 0.479 e. The zero-order valence-electron chi connectivity index (χ0n) is 52.6. The molecule has 4 heterocycles. The van der Waals surface area contributed by atoms with Crippen molar-refractivity contribution in [2.75, 3.05) is 26.4 Å². The van der Waals surface area contributed by atoms with Crippen LogP contribution in [0.5, 0.6) is 0 Å². The Morgan fingerprint density at radius 2 is 1.29 bits per heavy atom. The predicted octanol–water partition coefficient (Wildman–Crippen LogP) is -1.19. The summed E-state index contributed by atoms with van der Waals surface area (Å²) in [6.07, 6.45) is -34.0. The Morgan fingerprint density at radius 3 is 1.91 bits per heavy atom. The zero-order chi connectivity index (χ0) is 65.7. The van der Waals surface area contributed by atoms with Gasteiger partial charge in [-0.1, -0.05) is 80.0 Å². The molecule has 4 saturated carbocycles. The Hall–Kier alpha value is -2.95. The Morgan fingerprint density at radius 1 is 0.674 bits per heavy atom. The molecule has 0 aromatic rings. The van der Waals surface area contributed by atoms with Gasteiger partial charge in [-0.25, -0.2) is 9.59 Å². The molecule has 9 rings (SSSR count). The van der Waals surface area contributed by atoms with Crippen molar-refractivity contribution in [3.8, 4) is 0 Å². The summed E-state index contributed by atoms with van der Waals surface area (Å²) < 4.78 is 61.3. The molecule has 5 aliphatic carbocycles. The monoisotopic (exact) mass is 1270 g/mol. The average molecular weight is 1280 g/mol. The van der Waals surface area contributed by atoms with Gasteiger partial charge >= 0.3 is 17.9 Å². The van der Waals surface area contributed by atoms with Crippen LogP contribution < -0.4 is 0 Å². The highest BCUT2D eigenvalue weighted by Gasteiger charge is 2.76. The van der Waals surface area contributed by atoms with Gasteiger partial charge in [0.05, 0.1) is 56.1 Å². The lowest BCUT2D eigenvalue weighted by molar-refractivity contribution is -0.399. The lowest BCUT2D eigenvalue weighted by atomic mass is 9.32. The van der Waals surface area contributed by atoms with Crippen LogP contribution in [0.3, 0.4) is 0 Å². The lowest BCUT2D eigenvalue weighted by Crippen LogP contribution is -2.76. The van der Waals surface area contributed by atoms with Crippen LogP contribution in [0.15, 0.2) is 23.3 Å². The number of ether oxygens (including phenoxy) is 10. The third-order valence-electron chi connectivity index (χ3n) is 23.3. The van der Waals surface area contributed by atoms with Crippen LogP contribution in [0.25, 0.3) is 0 Å². The maximum absolute atomic E-state index is 14.0. The van der Waals surface area contributed by atoms with E-state index in [0.717, 1.165) is 5.57 Å². The number of esters is 2. The molecule has 0 radical (unpaired) electrons. The lowest BCUT2D eigenvalue weighted by Gasteiger charge is -2.73. The van der Waals surface area contributed by atoms with Crippen molar-refractivity contribution in [3.05, 3.63) is 23.3 Å². The fourth-order valence-corrected chi connectivity index (χ4v) is 17.4. The summed E-state index contributed by atoms with van der Waals surface area (Å²) in [6.45, 7) is 18.1. The summed E-state index contributed by atoms with van der Waals surface area (Å²) in [6, 6.07) is 0. The van der Waals surface area contributed by atoms with E-state index < -0.39 is 230 Å². The molecular formula is C62H98O27. The predicted molar refractivity (Wildman–Crippen MR) is 303 cm³/mol. The van der Waals surface area contributed by atoms with Gasteiger partial charge in [-0.15, -0.1) is 0 Å². The maximum Gasteiger partial charge on any atom is 0.335 e. The number of carboxylic acids is 1. The van der Waals surface area contributed by atoms with Gasteiger partial charge in [0.2, 0.25) is 0 Å². The second-order valence-electron chi connectivity index (χ2n) is 28.8. The fraction of sp³-hybridized carbons (Fsp3) is 0.887. The van der Waals surface area contributed by atoms with E-state index in [2.05, 4.69) is 19.9 Å². The molecule has 0 amide bonds. The van der Waals surface area contributed by atoms with Gasteiger partial charge in [0.15, 0.2) is 37.4 Å². The number of carbonyl (C=O) groups excluding carboxylic acids is 2. The molecule has 31 atom stereocenters. The van der Waals surface area contributed by atoms with Gasteiger partial charge < -0.3 is 119 Å². The summed E-state index contributed by atoms with van der Waals surface area (Å²) >= 11 is 0. The number of rotatable bonds is 16. The fourth-order valence-electron chi connectivity index (χ4n) is 17.4. The molecule has 508 valence electrons. The molecule has 89 heavy (non-hydrogen) atoms. The van der Waals surface area contributed by atoms with Gasteiger partial charge in [-0.05, 0) is 92.8 Å². The van der Waals surface area contributed by atoms with E-state index >= 15 is 0 Å². The van der Waals surface area contributed by atoms with Crippen LogP contribution in [-0.4, -0.2) is 257 Å². The van der Waals surface area contributed by atoms with Gasteiger partial charge in [-0.3, -0.25) is 4.79 Å². The van der Waals surface area contributed by atoms with E-state index in [1.54, 1.807) is 26.8 Å². The molecule has 9 aliphatic rings. The van der Waals surface area contributed by atoms with Crippen molar-refractivity contribution >= 4 is 17.9 Å². The average Bonchev–Trinajstić information content (AvgIpc) is 0.667. The van der Waals surface area contributed by atoms with Crippen molar-refractivity contribution in [1.29, 1.82) is 0 Å². The van der Waals surface area contributed by atoms with Crippen LogP contribution in [0.4, 0.5) is 0 Å². The van der Waals surface area contributed by atoms with E-state index in [4.69, 9.17) is 47.4 Å². The van der Waals surface area contributed by atoms with E-state index in [1.165, 1.54) is 0 Å². The summed E-state index contributed by atoms with van der Waals surface area (Å²) in [5.41, 5.74) is -4.85. The third-order valence-corrected chi connectivity index (χ3v) is 23.3. The molecule has 0 bridgehead atoms. The topological polar surface area (TPSA) is 427 Å². The van der Waals surface area contributed by atoms with Crippen molar-refractivity contribution in [3.63, 3.8) is 0 Å². The summed E-state index contributed by atoms with van der Waals surface area (Å²) in [4.78, 5) is 40.8. The number of fused-ring (bicyclic) bond motifs is 7. The second kappa shape index (κ2) is 26.0. The molecule has 14 N–H and O–H groups in total. The zero-order valence-corrected chi connectivity index (χ0v) is 52.6. The number of carbonyl (C=O) groups is 3. The first kappa shape index (κ1) is 70.4. The number of hydrogen-bond acceptors (Lipinski definition) is 26. The number of hydrogen-bond donors (Lipinski definition) is 14. The maximum atomic E-state index is 14.0. The summed E-state index contributed by atoms with van der Waals surface area (Å²) in [5, 5.41) is 158. The second-order valence-corrected chi connectivity index (χ2v) is 28.8. The number of aliphatic hydroxyl groups is 13. The normalized spacial score (nSPS) is 50.0. The molecule has 0 aromatic heterocycles. The Labute approximate surface area is 517 Å². The van der Waals surface area contributed by atoms with Crippen LogP contribution in [0, 0.1) is 56.2 Å². The van der Waals surface area contributed by atoms with Crippen LogP contribution >= 0.6 is 0 Å². The molecule has 1 unspecified atom stereocenters. The highest BCUT2D eigenvalue weighted by Crippen LogP contribution is 2.76. The molecule has 8 fully saturated rings. The highest BCUT2D eigenvalue weighted by molar-refractivity contribution is 5.88. The molecule has 0 spiro atoms. The Bertz CT molecular complexity index is 2600. The van der Waals surface area contributed by atoms with Crippen molar-refractivity contribution in [2.45, 2.75) is 262 Å². The van der Waals surface area contributed by atoms with Gasteiger partial charge in [-0.2, -0.15) is 0 Å². The van der Waals surface area contributed by atoms with Crippen LogP contribution in [0.2, 0.25) is 0 Å². The molecule has 4 saturated heterocycles. The SMILES string of the molecule is C/C=C(/C)C(=O)O[C@H]1[C@H](OC(=O)C(C)CC)[C@]2(CO)[C@H](O)[C@H](O)[C@]3(C)C(=CC[C@@H]4[C@@]5(C)CC[C@H](O[C@@H]6O[C@H](C(=O)O)[C@@H](O)[C@H](O[C@@H]7OC[C@H](O)[C@H](O)[C@H]7O[C@@H]7OC[C@@H](O)[C@H](O)[C@H]7O)[C@H]6O[C@@H]6O[C@H](CO)[C@H](O)[C@H](O)[C@H]6O)C(C)(C)[C@@H]5CC[C@]43C)[C@@H]2CC1(C)C. The van der Waals surface area contributed by atoms with Crippen molar-refractivity contribution < 1.29 is 133 Å². The Balaban J connectivity index is 1.05.